The minimum absolute atomic E-state index is 0.0156. The number of hydrogen-bond donors (Lipinski definition) is 1. The minimum atomic E-state index is 0.0156. The van der Waals surface area contributed by atoms with Crippen molar-refractivity contribution < 1.29 is 4.79 Å². The molecule has 1 aliphatic heterocycles. The highest BCUT2D eigenvalue weighted by molar-refractivity contribution is 5.74. The van der Waals surface area contributed by atoms with E-state index >= 15 is 0 Å². The average Bonchev–Trinajstić information content (AvgIpc) is 3.10. The van der Waals surface area contributed by atoms with E-state index in [-0.39, 0.29) is 12.1 Å². The van der Waals surface area contributed by atoms with E-state index in [1.165, 1.54) is 31.5 Å². The van der Waals surface area contributed by atoms with Gasteiger partial charge in [0.15, 0.2) is 0 Å². The van der Waals surface area contributed by atoms with E-state index < -0.39 is 0 Å². The lowest BCUT2D eigenvalue weighted by Crippen LogP contribution is -2.43. The van der Waals surface area contributed by atoms with E-state index in [0.29, 0.717) is 0 Å². The van der Waals surface area contributed by atoms with Crippen LogP contribution in [0, 0.1) is 0 Å². The van der Waals surface area contributed by atoms with Crippen molar-refractivity contribution in [3.63, 3.8) is 0 Å². The third-order valence-electron chi connectivity index (χ3n) is 4.66. The second-order valence-electron chi connectivity index (χ2n) is 6.98. The molecular formula is C19H32N4O. The number of urea groups is 1. The van der Waals surface area contributed by atoms with Crippen LogP contribution in [0.5, 0.6) is 0 Å². The van der Waals surface area contributed by atoms with Gasteiger partial charge in [0.1, 0.15) is 0 Å². The van der Waals surface area contributed by atoms with E-state index in [1.54, 1.807) is 0 Å². The van der Waals surface area contributed by atoms with Gasteiger partial charge in [-0.3, -0.25) is 0 Å². The van der Waals surface area contributed by atoms with Crippen molar-refractivity contribution in [1.29, 1.82) is 0 Å². The molecule has 1 atom stereocenters. The fourth-order valence-electron chi connectivity index (χ4n) is 3.05. The number of likely N-dealkylation sites (N-methyl/N-ethyl adjacent to an activating group) is 1. The Morgan fingerprint density at radius 2 is 1.79 bits per heavy atom. The Balaban J connectivity index is 1.87. The van der Waals surface area contributed by atoms with Crippen molar-refractivity contribution in [3.8, 4) is 0 Å². The third-order valence-corrected chi connectivity index (χ3v) is 4.66. The first-order chi connectivity index (χ1) is 11.6. The summed E-state index contributed by atoms with van der Waals surface area (Å²) in [6.45, 7) is 5.03. The molecule has 5 heteroatoms. The molecule has 5 nitrogen and oxygen atoms in total. The molecule has 134 valence electrons. The van der Waals surface area contributed by atoms with E-state index in [9.17, 15) is 4.79 Å². The lowest BCUT2D eigenvalue weighted by Gasteiger charge is -2.26. The molecule has 24 heavy (non-hydrogen) atoms. The van der Waals surface area contributed by atoms with Crippen LogP contribution in [0.3, 0.4) is 0 Å². The highest BCUT2D eigenvalue weighted by Gasteiger charge is 2.18. The zero-order valence-electron chi connectivity index (χ0n) is 15.4. The molecule has 1 N–H and O–H groups in total. The summed E-state index contributed by atoms with van der Waals surface area (Å²) in [6.07, 6.45) is 3.48. The van der Waals surface area contributed by atoms with E-state index in [4.69, 9.17) is 0 Å². The Kier molecular flexibility index (Phi) is 7.53. The minimum Gasteiger partial charge on any atom is -0.331 e. The van der Waals surface area contributed by atoms with Crippen molar-refractivity contribution in [2.75, 3.05) is 53.9 Å². The zero-order chi connectivity index (χ0) is 17.4. The van der Waals surface area contributed by atoms with Gasteiger partial charge in [-0.15, -0.1) is 0 Å². The standard InChI is InChI=1S/C19H32N4O/c1-21(2)14-11-18(17-9-5-4-6-10-17)20-19(24)22(3)15-16-23-12-7-8-13-23/h4-6,9-10,18H,7-8,11-16H2,1-3H3,(H,20,24)/t18-/m0/s1. The van der Waals surface area contributed by atoms with Gasteiger partial charge in [-0.05, 0) is 58.6 Å². The van der Waals surface area contributed by atoms with Crippen LogP contribution in [0.2, 0.25) is 0 Å². The quantitative estimate of drug-likeness (QED) is 0.794. The zero-order valence-corrected chi connectivity index (χ0v) is 15.4. The predicted octanol–water partition coefficient (Wildman–Crippen LogP) is 2.42. The van der Waals surface area contributed by atoms with Crippen molar-refractivity contribution in [2.24, 2.45) is 0 Å². The van der Waals surface area contributed by atoms with Crippen molar-refractivity contribution in [1.82, 2.24) is 20.0 Å². The van der Waals surface area contributed by atoms with Gasteiger partial charge >= 0.3 is 6.03 Å². The second-order valence-corrected chi connectivity index (χ2v) is 6.98. The van der Waals surface area contributed by atoms with Gasteiger partial charge in [-0.2, -0.15) is 0 Å². The van der Waals surface area contributed by atoms with Gasteiger partial charge in [0.05, 0.1) is 6.04 Å². The van der Waals surface area contributed by atoms with Gasteiger partial charge in [0.2, 0.25) is 0 Å². The Hall–Kier alpha value is -1.59. The summed E-state index contributed by atoms with van der Waals surface area (Å²) in [5, 5.41) is 3.21. The third kappa shape index (κ3) is 6.13. The van der Waals surface area contributed by atoms with Crippen LogP contribution in [0.15, 0.2) is 30.3 Å². The molecule has 0 aliphatic carbocycles. The van der Waals surface area contributed by atoms with Crippen LogP contribution < -0.4 is 5.32 Å². The SMILES string of the molecule is CN(C)CC[C@H](NC(=O)N(C)CCN1CCCC1)c1ccccc1. The summed E-state index contributed by atoms with van der Waals surface area (Å²) in [6, 6.07) is 10.3. The van der Waals surface area contributed by atoms with Crippen LogP contribution in [-0.4, -0.2) is 74.6 Å². The molecule has 0 bridgehead atoms. The summed E-state index contributed by atoms with van der Waals surface area (Å²) < 4.78 is 0. The molecular weight excluding hydrogens is 300 g/mol. The van der Waals surface area contributed by atoms with Crippen LogP contribution in [0.4, 0.5) is 4.79 Å². The number of rotatable bonds is 8. The van der Waals surface area contributed by atoms with Gasteiger partial charge < -0.3 is 20.0 Å². The highest BCUT2D eigenvalue weighted by Crippen LogP contribution is 2.17. The van der Waals surface area contributed by atoms with Crippen molar-refractivity contribution in [3.05, 3.63) is 35.9 Å². The average molecular weight is 332 g/mol. The van der Waals surface area contributed by atoms with Gasteiger partial charge in [0, 0.05) is 20.1 Å². The molecule has 0 unspecified atom stereocenters. The summed E-state index contributed by atoms with van der Waals surface area (Å²) in [7, 11) is 6.01. The number of hydrogen-bond acceptors (Lipinski definition) is 3. The van der Waals surface area contributed by atoms with Crippen molar-refractivity contribution >= 4 is 6.03 Å². The summed E-state index contributed by atoms with van der Waals surface area (Å²) in [5.41, 5.74) is 1.17. The topological polar surface area (TPSA) is 38.8 Å². The fraction of sp³-hybridized carbons (Fsp3) is 0.632. The second kappa shape index (κ2) is 9.64. The van der Waals surface area contributed by atoms with Crippen LogP contribution in [0.25, 0.3) is 0 Å². The monoisotopic (exact) mass is 332 g/mol. The molecule has 1 aromatic rings. The molecule has 1 aliphatic rings. The number of likely N-dealkylation sites (tertiary alicyclic amines) is 1. The van der Waals surface area contributed by atoms with Gasteiger partial charge in [0.25, 0.3) is 0 Å². The number of amides is 2. The fourth-order valence-corrected chi connectivity index (χ4v) is 3.05. The molecule has 0 aromatic heterocycles. The first kappa shape index (κ1) is 18.7. The number of carbonyl (C=O) groups excluding carboxylic acids is 1. The Bertz CT molecular complexity index is 485. The number of nitrogens with zero attached hydrogens (tertiary/aromatic N) is 3. The van der Waals surface area contributed by atoms with E-state index in [1.807, 2.05) is 30.1 Å². The molecule has 1 fully saturated rings. The summed E-state index contributed by atoms with van der Waals surface area (Å²) in [5.74, 6) is 0. The van der Waals surface area contributed by atoms with Crippen LogP contribution in [0.1, 0.15) is 30.9 Å². The van der Waals surface area contributed by atoms with Crippen molar-refractivity contribution in [2.45, 2.75) is 25.3 Å². The lowest BCUT2D eigenvalue weighted by atomic mass is 10.0. The molecule has 0 saturated carbocycles. The maximum atomic E-state index is 12.6. The molecule has 1 heterocycles. The maximum Gasteiger partial charge on any atom is 0.317 e. The number of benzene rings is 1. The molecule has 0 spiro atoms. The Morgan fingerprint density at radius 1 is 1.12 bits per heavy atom. The smallest absolute Gasteiger partial charge is 0.317 e. The summed E-state index contributed by atoms with van der Waals surface area (Å²) >= 11 is 0. The molecule has 0 radical (unpaired) electrons. The Labute approximate surface area is 146 Å². The molecule has 1 saturated heterocycles. The molecule has 2 rings (SSSR count). The van der Waals surface area contributed by atoms with Crippen LogP contribution >= 0.6 is 0 Å². The van der Waals surface area contributed by atoms with Gasteiger partial charge in [-0.1, -0.05) is 30.3 Å². The largest absolute Gasteiger partial charge is 0.331 e. The summed E-state index contributed by atoms with van der Waals surface area (Å²) in [4.78, 5) is 19.0. The highest BCUT2D eigenvalue weighted by atomic mass is 16.2. The number of carbonyl (C=O) groups is 1. The first-order valence-electron chi connectivity index (χ1n) is 9.00. The predicted molar refractivity (Wildman–Crippen MR) is 99.2 cm³/mol. The molecule has 2 amide bonds. The van der Waals surface area contributed by atoms with E-state index in [0.717, 1.165) is 26.1 Å². The van der Waals surface area contributed by atoms with Crippen LogP contribution in [-0.2, 0) is 0 Å². The van der Waals surface area contributed by atoms with E-state index in [2.05, 4.69) is 41.3 Å². The Morgan fingerprint density at radius 3 is 2.42 bits per heavy atom. The normalized spacial score (nSPS) is 16.3. The number of nitrogens with one attached hydrogen (secondary N) is 1. The maximum absolute atomic E-state index is 12.6. The first-order valence-corrected chi connectivity index (χ1v) is 9.00. The van der Waals surface area contributed by atoms with Gasteiger partial charge in [-0.25, -0.2) is 4.79 Å². The lowest BCUT2D eigenvalue weighted by molar-refractivity contribution is 0.195. The molecule has 1 aromatic carbocycles.